The molecule has 0 aliphatic carbocycles. The lowest BCUT2D eigenvalue weighted by Gasteiger charge is -2.16. The normalized spacial score (nSPS) is 12.9. The van der Waals surface area contributed by atoms with Gasteiger partial charge in [0, 0.05) is 12.1 Å². The minimum atomic E-state index is -3.41. The summed E-state index contributed by atoms with van der Waals surface area (Å²) < 4.78 is 44.2. The molecule has 130 valence electrons. The van der Waals surface area contributed by atoms with Crippen LogP contribution in [0.2, 0.25) is 0 Å². The third kappa shape index (κ3) is 5.91. The molecule has 0 amide bonds. The van der Waals surface area contributed by atoms with E-state index in [0.29, 0.717) is 23.1 Å². The van der Waals surface area contributed by atoms with Crippen molar-refractivity contribution in [3.8, 4) is 0 Å². The molecule has 1 aromatic carbocycles. The Bertz CT molecular complexity index is 658. The van der Waals surface area contributed by atoms with Gasteiger partial charge in [0.1, 0.15) is 5.82 Å². The highest BCUT2D eigenvalue weighted by molar-refractivity contribution is 7.88. The van der Waals surface area contributed by atoms with Crippen LogP contribution in [0.15, 0.2) is 12.1 Å². The number of benzene rings is 1. The van der Waals surface area contributed by atoms with Crippen molar-refractivity contribution in [3.05, 3.63) is 34.6 Å². The van der Waals surface area contributed by atoms with Crippen LogP contribution < -0.4 is 4.72 Å². The van der Waals surface area contributed by atoms with Crippen molar-refractivity contribution < 1.29 is 22.3 Å². The van der Waals surface area contributed by atoms with Gasteiger partial charge in [-0.25, -0.2) is 17.5 Å². The van der Waals surface area contributed by atoms with Crippen LogP contribution in [0.3, 0.4) is 0 Å². The molecule has 0 aliphatic rings. The van der Waals surface area contributed by atoms with Gasteiger partial charge in [-0.2, -0.15) is 0 Å². The highest BCUT2D eigenvalue weighted by Gasteiger charge is 2.20. The number of carbonyl (C=O) groups excluding carboxylic acids is 1. The van der Waals surface area contributed by atoms with E-state index in [2.05, 4.69) is 4.72 Å². The van der Waals surface area contributed by atoms with Crippen LogP contribution in [0.5, 0.6) is 0 Å². The minimum Gasteiger partial charge on any atom is -0.466 e. The molecule has 0 saturated heterocycles. The van der Waals surface area contributed by atoms with E-state index >= 15 is 0 Å². The Morgan fingerprint density at radius 1 is 1.35 bits per heavy atom. The Balaban J connectivity index is 3.17. The summed E-state index contributed by atoms with van der Waals surface area (Å²) in [5.74, 6) is -1.49. The maximum Gasteiger partial charge on any atom is 0.313 e. The summed E-state index contributed by atoms with van der Waals surface area (Å²) >= 11 is 0. The second-order valence-electron chi connectivity index (χ2n) is 5.46. The monoisotopic (exact) mass is 345 g/mol. The van der Waals surface area contributed by atoms with Crippen molar-refractivity contribution in [3.63, 3.8) is 0 Å². The van der Waals surface area contributed by atoms with Crippen LogP contribution in [0.1, 0.15) is 49.8 Å². The summed E-state index contributed by atoms with van der Waals surface area (Å²) in [5, 5.41) is 0. The molecular weight excluding hydrogens is 321 g/mol. The summed E-state index contributed by atoms with van der Waals surface area (Å²) in [6.07, 6.45) is 2.41. The summed E-state index contributed by atoms with van der Waals surface area (Å²) in [4.78, 5) is 11.8. The summed E-state index contributed by atoms with van der Waals surface area (Å²) in [6.45, 7) is 5.50. The molecule has 1 aromatic rings. The lowest BCUT2D eigenvalue weighted by atomic mass is 9.93. The fraction of sp³-hybridized carbons (Fsp3) is 0.562. The van der Waals surface area contributed by atoms with Gasteiger partial charge in [-0.1, -0.05) is 19.4 Å². The number of aryl methyl sites for hydroxylation is 1. The number of hydrogen-bond donors (Lipinski definition) is 1. The van der Waals surface area contributed by atoms with Crippen molar-refractivity contribution in [2.75, 3.05) is 12.9 Å². The molecule has 7 heteroatoms. The maximum absolute atomic E-state index is 14.4. The molecular formula is C16H24FNO4S. The average molecular weight is 345 g/mol. The summed E-state index contributed by atoms with van der Waals surface area (Å²) in [5.41, 5.74) is 1.55. The molecule has 0 spiro atoms. The van der Waals surface area contributed by atoms with Gasteiger partial charge in [0.15, 0.2) is 0 Å². The SMILES string of the molecule is CCCc1cc(C(C)C(=O)OCC)cc(F)c1CNS(C)(=O)=O. The number of sulfonamides is 1. The van der Waals surface area contributed by atoms with Crippen LogP contribution in [-0.4, -0.2) is 27.2 Å². The Morgan fingerprint density at radius 3 is 2.52 bits per heavy atom. The molecule has 1 N–H and O–H groups in total. The average Bonchev–Trinajstić information content (AvgIpc) is 2.44. The van der Waals surface area contributed by atoms with E-state index < -0.39 is 27.7 Å². The third-order valence-electron chi connectivity index (χ3n) is 3.48. The van der Waals surface area contributed by atoms with E-state index in [0.717, 1.165) is 12.7 Å². The highest BCUT2D eigenvalue weighted by atomic mass is 32.2. The van der Waals surface area contributed by atoms with Gasteiger partial charge in [-0.15, -0.1) is 0 Å². The topological polar surface area (TPSA) is 72.5 Å². The van der Waals surface area contributed by atoms with Crippen molar-refractivity contribution in [1.29, 1.82) is 0 Å². The van der Waals surface area contributed by atoms with E-state index in [1.54, 1.807) is 19.9 Å². The molecule has 0 aromatic heterocycles. The predicted molar refractivity (Wildman–Crippen MR) is 87.1 cm³/mol. The number of hydrogen-bond acceptors (Lipinski definition) is 4. The zero-order valence-corrected chi connectivity index (χ0v) is 14.8. The van der Waals surface area contributed by atoms with Gasteiger partial charge in [0.05, 0.1) is 18.8 Å². The number of rotatable bonds is 8. The van der Waals surface area contributed by atoms with Gasteiger partial charge in [0.25, 0.3) is 0 Å². The number of halogens is 1. The maximum atomic E-state index is 14.4. The van der Waals surface area contributed by atoms with Crippen LogP contribution in [0, 0.1) is 5.82 Å². The van der Waals surface area contributed by atoms with E-state index in [9.17, 15) is 17.6 Å². The molecule has 23 heavy (non-hydrogen) atoms. The van der Waals surface area contributed by atoms with Crippen molar-refractivity contribution >= 4 is 16.0 Å². The van der Waals surface area contributed by atoms with Crippen LogP contribution in [0.25, 0.3) is 0 Å². The molecule has 5 nitrogen and oxygen atoms in total. The quantitative estimate of drug-likeness (QED) is 0.735. The highest BCUT2D eigenvalue weighted by Crippen LogP contribution is 2.25. The van der Waals surface area contributed by atoms with Gasteiger partial charge in [-0.05, 0) is 37.5 Å². The van der Waals surface area contributed by atoms with Gasteiger partial charge in [0.2, 0.25) is 10.0 Å². The largest absolute Gasteiger partial charge is 0.466 e. The molecule has 0 heterocycles. The lowest BCUT2D eigenvalue weighted by molar-refractivity contribution is -0.144. The Morgan fingerprint density at radius 2 is 2.00 bits per heavy atom. The standard InChI is InChI=1S/C16H24FNO4S/c1-5-7-12-8-13(11(3)16(19)22-6-2)9-15(17)14(12)10-18-23(4,20)21/h8-9,11,18H,5-7,10H2,1-4H3. The first-order valence-corrected chi connectivity index (χ1v) is 9.51. The number of nitrogens with one attached hydrogen (secondary N) is 1. The van der Waals surface area contributed by atoms with Crippen molar-refractivity contribution in [2.24, 2.45) is 0 Å². The third-order valence-corrected chi connectivity index (χ3v) is 4.15. The minimum absolute atomic E-state index is 0.103. The smallest absolute Gasteiger partial charge is 0.313 e. The van der Waals surface area contributed by atoms with Crippen molar-refractivity contribution in [2.45, 2.75) is 46.1 Å². The summed E-state index contributed by atoms with van der Waals surface area (Å²) in [7, 11) is -3.41. The molecule has 1 rings (SSSR count). The van der Waals surface area contributed by atoms with E-state index in [-0.39, 0.29) is 13.2 Å². The second kappa shape index (κ2) is 8.40. The first-order valence-electron chi connectivity index (χ1n) is 7.62. The molecule has 1 unspecified atom stereocenters. The molecule has 0 radical (unpaired) electrons. The van der Waals surface area contributed by atoms with Gasteiger partial charge >= 0.3 is 5.97 Å². The van der Waals surface area contributed by atoms with Crippen LogP contribution in [0.4, 0.5) is 4.39 Å². The second-order valence-corrected chi connectivity index (χ2v) is 7.29. The van der Waals surface area contributed by atoms with E-state index in [1.807, 2.05) is 6.92 Å². The molecule has 0 bridgehead atoms. The van der Waals surface area contributed by atoms with Crippen LogP contribution >= 0.6 is 0 Å². The Labute approximate surface area is 137 Å². The van der Waals surface area contributed by atoms with Crippen LogP contribution in [-0.2, 0) is 32.5 Å². The molecule has 0 fully saturated rings. The Kier molecular flexibility index (Phi) is 7.15. The molecule has 0 saturated carbocycles. The zero-order chi connectivity index (χ0) is 17.6. The fourth-order valence-corrected chi connectivity index (χ4v) is 2.67. The first kappa shape index (κ1) is 19.6. The fourth-order valence-electron chi connectivity index (χ4n) is 2.26. The van der Waals surface area contributed by atoms with E-state index in [4.69, 9.17) is 4.74 Å². The van der Waals surface area contributed by atoms with Crippen molar-refractivity contribution in [1.82, 2.24) is 4.72 Å². The lowest BCUT2D eigenvalue weighted by Crippen LogP contribution is -2.23. The number of esters is 1. The molecule has 1 atom stereocenters. The zero-order valence-electron chi connectivity index (χ0n) is 14.0. The van der Waals surface area contributed by atoms with E-state index in [1.165, 1.54) is 6.07 Å². The Hall–Kier alpha value is -1.47. The van der Waals surface area contributed by atoms with Gasteiger partial charge in [-0.3, -0.25) is 4.79 Å². The van der Waals surface area contributed by atoms with Gasteiger partial charge < -0.3 is 4.74 Å². The first-order chi connectivity index (χ1) is 10.7. The number of ether oxygens (including phenoxy) is 1. The summed E-state index contributed by atoms with van der Waals surface area (Å²) in [6, 6.07) is 3.04. The number of carbonyl (C=O) groups is 1. The predicted octanol–water partition coefficient (Wildman–Crippen LogP) is 2.49. The molecule has 0 aliphatic heterocycles.